The minimum absolute atomic E-state index is 0.0938. The Morgan fingerprint density at radius 3 is 2.03 bits per heavy atom. The number of esters is 2. The molecule has 34 heavy (non-hydrogen) atoms. The minimum Gasteiger partial charge on any atom is -0.465 e. The molecule has 0 aromatic heterocycles. The second-order valence-corrected chi connectivity index (χ2v) is 14.6. The number of carbonyl (C=O) groups excluding carboxylic acids is 2. The van der Waals surface area contributed by atoms with Crippen LogP contribution in [0.2, 0.25) is 0 Å². The van der Waals surface area contributed by atoms with Gasteiger partial charge in [-0.25, -0.2) is 0 Å². The van der Waals surface area contributed by atoms with Crippen molar-refractivity contribution in [3.63, 3.8) is 0 Å². The zero-order valence-corrected chi connectivity index (χ0v) is 22.3. The first-order valence-electron chi connectivity index (χ1n) is 14.4. The van der Waals surface area contributed by atoms with E-state index in [2.05, 4.69) is 27.7 Å². The summed E-state index contributed by atoms with van der Waals surface area (Å²) in [6, 6.07) is 0. The van der Waals surface area contributed by atoms with E-state index in [0.29, 0.717) is 24.4 Å². The molecule has 4 heteroatoms. The van der Waals surface area contributed by atoms with Crippen LogP contribution in [-0.4, -0.2) is 24.1 Å². The first kappa shape index (κ1) is 23.3. The van der Waals surface area contributed by atoms with Gasteiger partial charge < -0.3 is 9.47 Å². The number of rotatable bonds is 1. The topological polar surface area (TPSA) is 52.6 Å². The molecule has 7 rings (SSSR count). The molecule has 190 valence electrons. The Morgan fingerprint density at radius 2 is 1.35 bits per heavy atom. The summed E-state index contributed by atoms with van der Waals surface area (Å²) in [7, 11) is 0. The highest BCUT2D eigenvalue weighted by Crippen LogP contribution is 2.71. The summed E-state index contributed by atoms with van der Waals surface area (Å²) in [5, 5.41) is 0. The second-order valence-electron chi connectivity index (χ2n) is 14.6. The highest BCUT2D eigenvalue weighted by Gasteiger charge is 2.67. The van der Waals surface area contributed by atoms with E-state index in [9.17, 15) is 9.59 Å². The Kier molecular flexibility index (Phi) is 5.30. The van der Waals surface area contributed by atoms with Gasteiger partial charge in [0.1, 0.15) is 5.60 Å². The molecule has 6 aliphatic carbocycles. The molecular weight excluding hydrogens is 424 g/mol. The lowest BCUT2D eigenvalue weighted by Gasteiger charge is -2.43. The van der Waals surface area contributed by atoms with Gasteiger partial charge in [-0.1, -0.05) is 27.7 Å². The van der Waals surface area contributed by atoms with E-state index < -0.39 is 0 Å². The Labute approximate surface area is 206 Å². The van der Waals surface area contributed by atoms with E-state index in [1.165, 1.54) is 19.3 Å². The number of carbonyl (C=O) groups is 2. The standard InChI is InChI=1S/C19H30O2.C11H16O2/c1-9-10(2)13-8-12(9)16-11-6-14(17(13)16)15(7-11)18(20)21-19(3,4)5;1-5-6(2)8-3-7(5)9-4-13-11(12)10(8)9/h9-17H,6-8H2,1-5H3;5-10H,3-4H2,1-2H3. The molecule has 0 aromatic rings. The molecule has 1 heterocycles. The summed E-state index contributed by atoms with van der Waals surface area (Å²) < 4.78 is 10.9. The largest absolute Gasteiger partial charge is 0.465 e. The smallest absolute Gasteiger partial charge is 0.309 e. The van der Waals surface area contributed by atoms with Crippen molar-refractivity contribution in [2.24, 2.45) is 88.8 Å². The van der Waals surface area contributed by atoms with Crippen LogP contribution in [0.4, 0.5) is 0 Å². The van der Waals surface area contributed by atoms with Gasteiger partial charge in [-0.05, 0) is 117 Å². The maximum absolute atomic E-state index is 12.6. The van der Waals surface area contributed by atoms with E-state index in [4.69, 9.17) is 9.47 Å². The number of hydrogen-bond acceptors (Lipinski definition) is 4. The molecule has 15 unspecified atom stereocenters. The minimum atomic E-state index is -0.338. The van der Waals surface area contributed by atoms with Crippen molar-refractivity contribution >= 4 is 11.9 Å². The molecule has 1 aliphatic heterocycles. The SMILES string of the molecule is CC1C(C)C2CC1C1C3CC(C(=O)OC(C)(C)C)C(C3)C21.CC1C(C)C2CC1C1COC(=O)C21. The average molecular weight is 471 g/mol. The van der Waals surface area contributed by atoms with E-state index in [0.717, 1.165) is 65.6 Å². The predicted molar refractivity (Wildman–Crippen MR) is 130 cm³/mol. The van der Waals surface area contributed by atoms with E-state index in [1.807, 2.05) is 20.8 Å². The quantitative estimate of drug-likeness (QED) is 0.357. The molecule has 0 N–H and O–H groups in total. The zero-order chi connectivity index (χ0) is 24.3. The zero-order valence-electron chi connectivity index (χ0n) is 22.3. The Bertz CT molecular complexity index is 858. The first-order chi connectivity index (χ1) is 16.0. The van der Waals surface area contributed by atoms with Gasteiger partial charge in [-0.15, -0.1) is 0 Å². The van der Waals surface area contributed by atoms with Crippen LogP contribution >= 0.6 is 0 Å². The maximum atomic E-state index is 12.6. The average Bonchev–Trinajstić information content (AvgIpc) is 3.57. The van der Waals surface area contributed by atoms with Crippen LogP contribution in [0.3, 0.4) is 0 Å². The molecule has 15 atom stereocenters. The fourth-order valence-corrected chi connectivity index (χ4v) is 10.9. The van der Waals surface area contributed by atoms with E-state index in [1.54, 1.807) is 0 Å². The molecule has 7 aliphatic rings. The Hall–Kier alpha value is -1.06. The maximum Gasteiger partial charge on any atom is 0.309 e. The van der Waals surface area contributed by atoms with Gasteiger partial charge in [0.25, 0.3) is 0 Å². The van der Waals surface area contributed by atoms with E-state index in [-0.39, 0.29) is 29.4 Å². The summed E-state index contributed by atoms with van der Waals surface area (Å²) >= 11 is 0. The van der Waals surface area contributed by atoms with Crippen LogP contribution in [0.1, 0.15) is 74.1 Å². The van der Waals surface area contributed by atoms with Gasteiger partial charge in [0, 0.05) is 5.92 Å². The second kappa shape index (κ2) is 7.72. The van der Waals surface area contributed by atoms with Gasteiger partial charge in [0.05, 0.1) is 18.4 Å². The summed E-state index contributed by atoms with van der Waals surface area (Å²) in [5.41, 5.74) is -0.338. The molecule has 7 fully saturated rings. The van der Waals surface area contributed by atoms with Gasteiger partial charge in [0.2, 0.25) is 0 Å². The van der Waals surface area contributed by atoms with Crippen LogP contribution in [0.5, 0.6) is 0 Å². The third-order valence-electron chi connectivity index (χ3n) is 12.4. The third kappa shape index (κ3) is 3.21. The molecule has 6 bridgehead atoms. The molecule has 6 saturated carbocycles. The normalized spacial score (nSPS) is 55.6. The van der Waals surface area contributed by atoms with Gasteiger partial charge in [0.15, 0.2) is 0 Å². The van der Waals surface area contributed by atoms with Gasteiger partial charge in [-0.3, -0.25) is 9.59 Å². The van der Waals surface area contributed by atoms with Crippen LogP contribution in [0.15, 0.2) is 0 Å². The number of fused-ring (bicyclic) bond motifs is 14. The van der Waals surface area contributed by atoms with Gasteiger partial charge in [-0.2, -0.15) is 0 Å². The van der Waals surface area contributed by atoms with Crippen molar-refractivity contribution < 1.29 is 19.1 Å². The summed E-state index contributed by atoms with van der Waals surface area (Å²) in [5.74, 6) is 11.1. The fourth-order valence-electron chi connectivity index (χ4n) is 10.9. The predicted octanol–water partition coefficient (Wildman–Crippen LogP) is 5.84. The summed E-state index contributed by atoms with van der Waals surface area (Å²) in [4.78, 5) is 24.0. The molecule has 0 aromatic carbocycles. The summed E-state index contributed by atoms with van der Waals surface area (Å²) in [6.45, 7) is 16.3. The van der Waals surface area contributed by atoms with E-state index >= 15 is 0 Å². The Morgan fingerprint density at radius 1 is 0.765 bits per heavy atom. The van der Waals surface area contributed by atoms with Crippen molar-refractivity contribution in [2.75, 3.05) is 6.61 Å². The lowest BCUT2D eigenvalue weighted by Crippen LogP contribution is -2.42. The lowest BCUT2D eigenvalue weighted by atomic mass is 9.62. The van der Waals surface area contributed by atoms with Crippen molar-refractivity contribution in [1.82, 2.24) is 0 Å². The van der Waals surface area contributed by atoms with Crippen LogP contribution < -0.4 is 0 Å². The first-order valence-corrected chi connectivity index (χ1v) is 14.4. The number of cyclic esters (lactones) is 1. The molecule has 4 nitrogen and oxygen atoms in total. The van der Waals surface area contributed by atoms with Crippen LogP contribution in [-0.2, 0) is 19.1 Å². The summed E-state index contributed by atoms with van der Waals surface area (Å²) in [6.07, 6.45) is 5.16. The highest BCUT2D eigenvalue weighted by atomic mass is 16.6. The molecule has 0 radical (unpaired) electrons. The van der Waals surface area contributed by atoms with Crippen molar-refractivity contribution in [3.05, 3.63) is 0 Å². The van der Waals surface area contributed by atoms with Crippen LogP contribution in [0, 0.1) is 88.8 Å². The molecule has 0 amide bonds. The monoisotopic (exact) mass is 470 g/mol. The third-order valence-corrected chi connectivity index (χ3v) is 12.4. The van der Waals surface area contributed by atoms with Crippen molar-refractivity contribution in [3.8, 4) is 0 Å². The van der Waals surface area contributed by atoms with Crippen LogP contribution in [0.25, 0.3) is 0 Å². The van der Waals surface area contributed by atoms with Crippen molar-refractivity contribution in [2.45, 2.75) is 79.8 Å². The molecule has 0 spiro atoms. The number of ether oxygens (including phenoxy) is 2. The fraction of sp³-hybridized carbons (Fsp3) is 0.933. The van der Waals surface area contributed by atoms with Crippen molar-refractivity contribution in [1.29, 1.82) is 0 Å². The highest BCUT2D eigenvalue weighted by molar-refractivity contribution is 5.76. The lowest BCUT2D eigenvalue weighted by molar-refractivity contribution is -0.164. The number of hydrogen-bond donors (Lipinski definition) is 0. The Balaban J connectivity index is 0.000000143. The van der Waals surface area contributed by atoms with Gasteiger partial charge >= 0.3 is 11.9 Å². The molecular formula is C30H46O4. The molecule has 1 saturated heterocycles.